The number of hydrogen-bond acceptors (Lipinski definition) is 3. The Morgan fingerprint density at radius 2 is 1.96 bits per heavy atom. The predicted octanol–water partition coefficient (Wildman–Crippen LogP) is 5.93. The van der Waals surface area contributed by atoms with E-state index in [2.05, 4.69) is 34.6 Å². The molecule has 0 radical (unpaired) electrons. The van der Waals surface area contributed by atoms with Crippen LogP contribution in [0.2, 0.25) is 5.02 Å². The summed E-state index contributed by atoms with van der Waals surface area (Å²) in [6, 6.07) is 19.0. The van der Waals surface area contributed by atoms with E-state index in [0.29, 0.717) is 10.6 Å². The summed E-state index contributed by atoms with van der Waals surface area (Å²) < 4.78 is 0. The lowest BCUT2D eigenvalue weighted by Gasteiger charge is -2.10. The number of rotatable bonds is 4. The van der Waals surface area contributed by atoms with Gasteiger partial charge in [-0.3, -0.25) is 9.89 Å². The monoisotopic (exact) mass is 393 g/mol. The largest absolute Gasteiger partial charge is 0.322 e. The molecule has 0 saturated carbocycles. The maximum Gasteiger partial charge on any atom is 0.257 e. The van der Waals surface area contributed by atoms with Crippen LogP contribution >= 0.6 is 23.4 Å². The van der Waals surface area contributed by atoms with Crippen LogP contribution in [0.5, 0.6) is 0 Å². The first-order valence-electron chi connectivity index (χ1n) is 8.38. The van der Waals surface area contributed by atoms with Crippen LogP contribution in [0.4, 0.5) is 5.69 Å². The van der Waals surface area contributed by atoms with Gasteiger partial charge in [0.1, 0.15) is 0 Å². The summed E-state index contributed by atoms with van der Waals surface area (Å²) in [6.45, 7) is 2.08. The van der Waals surface area contributed by atoms with Crippen LogP contribution in [0.25, 0.3) is 10.9 Å². The van der Waals surface area contributed by atoms with Crippen molar-refractivity contribution in [3.8, 4) is 0 Å². The summed E-state index contributed by atoms with van der Waals surface area (Å²) in [7, 11) is 0. The van der Waals surface area contributed by atoms with Crippen molar-refractivity contribution < 1.29 is 4.79 Å². The minimum atomic E-state index is -0.223. The minimum Gasteiger partial charge on any atom is -0.322 e. The van der Waals surface area contributed by atoms with E-state index < -0.39 is 0 Å². The van der Waals surface area contributed by atoms with Gasteiger partial charge in [-0.25, -0.2) is 0 Å². The third-order valence-corrected chi connectivity index (χ3v) is 5.65. The Balaban J connectivity index is 1.56. The standard InChI is InChI=1S/C21H16ClN3OS/c1-13-9-19-14(12-23-25-19)10-20(13)27-16-6-4-5-15(11-16)24-21(26)17-7-2-3-8-18(17)22/h2-12H,1H3,(H,23,25)(H,24,26). The number of anilines is 1. The number of amides is 1. The SMILES string of the molecule is Cc1cc2[nH]ncc2cc1Sc1cccc(NC(=O)c2ccccc2Cl)c1. The Bertz CT molecular complexity index is 1140. The number of aryl methyl sites for hydroxylation is 1. The number of aromatic nitrogens is 2. The number of aromatic amines is 1. The molecule has 0 unspecified atom stereocenters. The lowest BCUT2D eigenvalue weighted by Crippen LogP contribution is -2.12. The van der Waals surface area contributed by atoms with E-state index in [1.165, 1.54) is 5.56 Å². The number of halogens is 1. The van der Waals surface area contributed by atoms with Crippen molar-refractivity contribution in [3.63, 3.8) is 0 Å². The first kappa shape index (κ1) is 17.6. The van der Waals surface area contributed by atoms with Gasteiger partial charge < -0.3 is 5.32 Å². The van der Waals surface area contributed by atoms with E-state index in [1.807, 2.05) is 30.5 Å². The van der Waals surface area contributed by atoms with Crippen molar-refractivity contribution >= 4 is 45.9 Å². The van der Waals surface area contributed by atoms with Crippen LogP contribution in [0.15, 0.2) is 76.7 Å². The molecule has 0 spiro atoms. The second-order valence-electron chi connectivity index (χ2n) is 6.14. The molecule has 4 aromatic rings. The Morgan fingerprint density at radius 1 is 1.11 bits per heavy atom. The number of nitrogens with one attached hydrogen (secondary N) is 2. The molecule has 0 bridgehead atoms. The van der Waals surface area contributed by atoms with Gasteiger partial charge in [0, 0.05) is 20.9 Å². The number of H-pyrrole nitrogens is 1. The molecule has 0 aliphatic rings. The summed E-state index contributed by atoms with van der Waals surface area (Å²) in [4.78, 5) is 14.7. The number of hydrogen-bond donors (Lipinski definition) is 2. The van der Waals surface area contributed by atoms with Gasteiger partial charge in [0.2, 0.25) is 0 Å². The van der Waals surface area contributed by atoms with E-state index in [0.717, 1.165) is 26.4 Å². The maximum absolute atomic E-state index is 12.5. The quantitative estimate of drug-likeness (QED) is 0.452. The highest BCUT2D eigenvalue weighted by molar-refractivity contribution is 7.99. The molecule has 4 rings (SSSR count). The van der Waals surface area contributed by atoms with Crippen LogP contribution in [-0.2, 0) is 0 Å². The van der Waals surface area contributed by atoms with Gasteiger partial charge in [-0.2, -0.15) is 5.10 Å². The highest BCUT2D eigenvalue weighted by Gasteiger charge is 2.11. The molecule has 0 aliphatic carbocycles. The number of carbonyl (C=O) groups is 1. The van der Waals surface area contributed by atoms with Crippen molar-refractivity contribution in [2.24, 2.45) is 0 Å². The van der Waals surface area contributed by atoms with Gasteiger partial charge in [-0.1, -0.05) is 41.6 Å². The van der Waals surface area contributed by atoms with Crippen molar-refractivity contribution in [1.82, 2.24) is 10.2 Å². The average molecular weight is 394 g/mol. The zero-order chi connectivity index (χ0) is 18.8. The molecular formula is C21H16ClN3OS. The van der Waals surface area contributed by atoms with Crippen molar-refractivity contribution in [3.05, 3.63) is 83.0 Å². The zero-order valence-corrected chi connectivity index (χ0v) is 16.1. The molecule has 0 atom stereocenters. The molecule has 0 aliphatic heterocycles. The molecule has 1 aromatic heterocycles. The van der Waals surface area contributed by atoms with Crippen LogP contribution in [0.1, 0.15) is 15.9 Å². The molecule has 2 N–H and O–H groups in total. The molecule has 4 nitrogen and oxygen atoms in total. The second-order valence-corrected chi connectivity index (χ2v) is 7.66. The van der Waals surface area contributed by atoms with Gasteiger partial charge >= 0.3 is 0 Å². The Labute approximate surface area is 165 Å². The fourth-order valence-electron chi connectivity index (χ4n) is 2.80. The second kappa shape index (κ2) is 7.47. The number of nitrogens with zero attached hydrogens (tertiary/aromatic N) is 1. The summed E-state index contributed by atoms with van der Waals surface area (Å²) in [5, 5.41) is 11.5. The van der Waals surface area contributed by atoms with E-state index in [1.54, 1.807) is 36.0 Å². The number of carbonyl (C=O) groups excluding carboxylic acids is 1. The first-order chi connectivity index (χ1) is 13.1. The normalized spacial score (nSPS) is 10.9. The minimum absolute atomic E-state index is 0.223. The van der Waals surface area contributed by atoms with E-state index in [9.17, 15) is 4.79 Å². The third kappa shape index (κ3) is 3.84. The first-order valence-corrected chi connectivity index (χ1v) is 9.57. The molecule has 1 amide bonds. The lowest BCUT2D eigenvalue weighted by atomic mass is 10.2. The van der Waals surface area contributed by atoms with Gasteiger partial charge in [0.05, 0.1) is 22.3 Å². The molecule has 6 heteroatoms. The molecule has 0 fully saturated rings. The number of benzene rings is 3. The lowest BCUT2D eigenvalue weighted by molar-refractivity contribution is 0.102. The van der Waals surface area contributed by atoms with E-state index in [4.69, 9.17) is 11.6 Å². The molecule has 134 valence electrons. The van der Waals surface area contributed by atoms with E-state index >= 15 is 0 Å². The Kier molecular flexibility index (Phi) is 4.88. The predicted molar refractivity (Wildman–Crippen MR) is 111 cm³/mol. The molecule has 1 heterocycles. The van der Waals surface area contributed by atoms with Crippen molar-refractivity contribution in [2.75, 3.05) is 5.32 Å². The molecule has 0 saturated heterocycles. The van der Waals surface area contributed by atoms with Crippen LogP contribution in [0, 0.1) is 6.92 Å². The molecular weight excluding hydrogens is 378 g/mol. The van der Waals surface area contributed by atoms with Crippen LogP contribution in [-0.4, -0.2) is 16.1 Å². The zero-order valence-electron chi connectivity index (χ0n) is 14.5. The van der Waals surface area contributed by atoms with Crippen molar-refractivity contribution in [1.29, 1.82) is 0 Å². The highest BCUT2D eigenvalue weighted by atomic mass is 35.5. The Hall–Kier alpha value is -2.76. The fraction of sp³-hybridized carbons (Fsp3) is 0.0476. The van der Waals surface area contributed by atoms with Gasteiger partial charge in [0.15, 0.2) is 0 Å². The van der Waals surface area contributed by atoms with Gasteiger partial charge in [0.25, 0.3) is 5.91 Å². The maximum atomic E-state index is 12.5. The average Bonchev–Trinajstić information content (AvgIpc) is 3.09. The smallest absolute Gasteiger partial charge is 0.257 e. The summed E-state index contributed by atoms with van der Waals surface area (Å²) in [6.07, 6.45) is 1.82. The van der Waals surface area contributed by atoms with Gasteiger partial charge in [-0.15, -0.1) is 0 Å². The topological polar surface area (TPSA) is 57.8 Å². The van der Waals surface area contributed by atoms with Crippen molar-refractivity contribution in [2.45, 2.75) is 16.7 Å². The molecule has 27 heavy (non-hydrogen) atoms. The summed E-state index contributed by atoms with van der Waals surface area (Å²) >= 11 is 7.76. The van der Waals surface area contributed by atoms with Gasteiger partial charge in [-0.05, 0) is 55.0 Å². The Morgan fingerprint density at radius 3 is 2.81 bits per heavy atom. The summed E-state index contributed by atoms with van der Waals surface area (Å²) in [5.41, 5.74) is 3.38. The van der Waals surface area contributed by atoms with Crippen LogP contribution in [0.3, 0.4) is 0 Å². The van der Waals surface area contributed by atoms with Crippen LogP contribution < -0.4 is 5.32 Å². The summed E-state index contributed by atoms with van der Waals surface area (Å²) in [5.74, 6) is -0.223. The highest BCUT2D eigenvalue weighted by Crippen LogP contribution is 2.34. The third-order valence-electron chi connectivity index (χ3n) is 4.17. The fourth-order valence-corrected chi connectivity index (χ4v) is 4.01. The molecule has 3 aromatic carbocycles. The van der Waals surface area contributed by atoms with E-state index in [-0.39, 0.29) is 5.91 Å². The number of fused-ring (bicyclic) bond motifs is 1.